The number of hydrogen-bond acceptors (Lipinski definition) is 4. The Labute approximate surface area is 109 Å². The van der Waals surface area contributed by atoms with Gasteiger partial charge in [0.25, 0.3) is 0 Å². The average molecular weight is 253 g/mol. The number of pyridine rings is 1. The van der Waals surface area contributed by atoms with Crippen LogP contribution in [-0.4, -0.2) is 30.1 Å². The van der Waals surface area contributed by atoms with Crippen molar-refractivity contribution in [1.82, 2.24) is 4.98 Å². The first-order valence-corrected chi connectivity index (χ1v) is 7.39. The molecule has 1 aromatic heterocycles. The molecule has 1 heterocycles. The van der Waals surface area contributed by atoms with Crippen LogP contribution in [0.4, 0.5) is 5.82 Å². The Morgan fingerprint density at radius 3 is 2.59 bits per heavy atom. The van der Waals surface area contributed by atoms with Gasteiger partial charge in [0.1, 0.15) is 5.82 Å². The molecule has 96 valence electrons. The van der Waals surface area contributed by atoms with Crippen LogP contribution in [0.3, 0.4) is 0 Å². The quantitative estimate of drug-likeness (QED) is 0.846. The summed E-state index contributed by atoms with van der Waals surface area (Å²) >= 11 is 1.89. The Morgan fingerprint density at radius 1 is 1.41 bits per heavy atom. The molecule has 0 radical (unpaired) electrons. The van der Waals surface area contributed by atoms with Gasteiger partial charge >= 0.3 is 0 Å². The van der Waals surface area contributed by atoms with Gasteiger partial charge in [-0.15, -0.1) is 0 Å². The van der Waals surface area contributed by atoms with Crippen molar-refractivity contribution in [2.75, 3.05) is 24.0 Å². The highest BCUT2D eigenvalue weighted by molar-refractivity contribution is 7.98. The third-order valence-electron chi connectivity index (χ3n) is 3.06. The summed E-state index contributed by atoms with van der Waals surface area (Å²) < 4.78 is 0. The lowest BCUT2D eigenvalue weighted by Crippen LogP contribution is -2.30. The van der Waals surface area contributed by atoms with Crippen LogP contribution in [-0.2, 0) is 0 Å². The summed E-state index contributed by atoms with van der Waals surface area (Å²) in [6, 6.07) is 4.67. The molecule has 0 saturated carbocycles. The minimum absolute atomic E-state index is 0.0516. The molecule has 0 aromatic carbocycles. The monoisotopic (exact) mass is 253 g/mol. The predicted octanol–water partition coefficient (Wildman–Crippen LogP) is 2.68. The van der Waals surface area contributed by atoms with Crippen molar-refractivity contribution in [1.29, 1.82) is 0 Å². The van der Waals surface area contributed by atoms with Crippen LogP contribution in [0.5, 0.6) is 0 Å². The van der Waals surface area contributed by atoms with Crippen LogP contribution >= 0.6 is 11.8 Å². The van der Waals surface area contributed by atoms with Crippen molar-refractivity contribution in [3.05, 3.63) is 23.9 Å². The zero-order valence-corrected chi connectivity index (χ0v) is 12.0. The number of rotatable bonds is 6. The van der Waals surface area contributed by atoms with Crippen molar-refractivity contribution in [2.45, 2.75) is 32.4 Å². The van der Waals surface area contributed by atoms with Crippen LogP contribution in [0.1, 0.15) is 31.9 Å². The molecule has 0 aliphatic rings. The molecule has 2 atom stereocenters. The average Bonchev–Trinajstić information content (AvgIpc) is 2.35. The van der Waals surface area contributed by atoms with Crippen molar-refractivity contribution < 1.29 is 0 Å². The van der Waals surface area contributed by atoms with E-state index < -0.39 is 0 Å². The van der Waals surface area contributed by atoms with Gasteiger partial charge in [-0.25, -0.2) is 4.98 Å². The first-order chi connectivity index (χ1) is 8.06. The highest BCUT2D eigenvalue weighted by Gasteiger charge is 2.11. The third kappa shape index (κ3) is 4.21. The van der Waals surface area contributed by atoms with Crippen molar-refractivity contribution >= 4 is 17.6 Å². The maximum absolute atomic E-state index is 5.81. The lowest BCUT2D eigenvalue weighted by Gasteiger charge is -2.26. The van der Waals surface area contributed by atoms with E-state index in [1.54, 1.807) is 0 Å². The summed E-state index contributed by atoms with van der Waals surface area (Å²) in [5.74, 6) is 2.20. The lowest BCUT2D eigenvalue weighted by atomic mass is 10.1. The Kier molecular flexibility index (Phi) is 5.78. The molecule has 0 spiro atoms. The number of anilines is 1. The summed E-state index contributed by atoms with van der Waals surface area (Å²) in [5.41, 5.74) is 6.89. The lowest BCUT2D eigenvalue weighted by molar-refractivity contribution is 0.661. The second-order valence-corrected chi connectivity index (χ2v) is 5.47. The molecule has 0 saturated heterocycles. The fraction of sp³-hybridized carbons (Fsp3) is 0.615. The predicted molar refractivity (Wildman–Crippen MR) is 77.7 cm³/mol. The third-order valence-corrected chi connectivity index (χ3v) is 3.70. The fourth-order valence-electron chi connectivity index (χ4n) is 1.58. The molecule has 0 aliphatic carbocycles. The Bertz CT molecular complexity index is 324. The maximum Gasteiger partial charge on any atom is 0.128 e. The Hall–Kier alpha value is -0.740. The number of aromatic nitrogens is 1. The van der Waals surface area contributed by atoms with E-state index >= 15 is 0 Å². The van der Waals surface area contributed by atoms with Crippen LogP contribution in [0.2, 0.25) is 0 Å². The molecule has 0 fully saturated rings. The molecular weight excluding hydrogens is 230 g/mol. The van der Waals surface area contributed by atoms with Crippen molar-refractivity contribution in [3.63, 3.8) is 0 Å². The SMILES string of the molecule is CSCCC(C)N(C)c1ccc([C@H](C)N)cn1. The van der Waals surface area contributed by atoms with Gasteiger partial charge < -0.3 is 10.6 Å². The van der Waals surface area contributed by atoms with Crippen LogP contribution in [0.25, 0.3) is 0 Å². The van der Waals surface area contributed by atoms with Gasteiger partial charge in [-0.1, -0.05) is 6.07 Å². The number of nitrogens with zero attached hydrogens (tertiary/aromatic N) is 2. The highest BCUT2D eigenvalue weighted by atomic mass is 32.2. The molecular formula is C13H23N3S. The summed E-state index contributed by atoms with van der Waals surface area (Å²) in [4.78, 5) is 6.69. The molecule has 1 rings (SSSR count). The van der Waals surface area contributed by atoms with E-state index in [-0.39, 0.29) is 6.04 Å². The summed E-state index contributed by atoms with van der Waals surface area (Å²) in [7, 11) is 2.10. The number of nitrogens with two attached hydrogens (primary N) is 1. The van der Waals surface area contributed by atoms with E-state index in [0.29, 0.717) is 6.04 Å². The molecule has 2 N–H and O–H groups in total. The first-order valence-electron chi connectivity index (χ1n) is 5.99. The first kappa shape index (κ1) is 14.3. The fourth-order valence-corrected chi connectivity index (χ4v) is 2.16. The Balaban J connectivity index is 2.65. The second kappa shape index (κ2) is 6.87. The normalized spacial score (nSPS) is 14.4. The zero-order chi connectivity index (χ0) is 12.8. The summed E-state index contributed by atoms with van der Waals surface area (Å²) in [5, 5.41) is 0. The van der Waals surface area contributed by atoms with Gasteiger partial charge in [0.2, 0.25) is 0 Å². The van der Waals surface area contributed by atoms with E-state index in [4.69, 9.17) is 5.73 Å². The van der Waals surface area contributed by atoms with Gasteiger partial charge in [-0.2, -0.15) is 11.8 Å². The molecule has 4 heteroatoms. The smallest absolute Gasteiger partial charge is 0.128 e. The topological polar surface area (TPSA) is 42.1 Å². The number of hydrogen-bond donors (Lipinski definition) is 1. The standard InChI is InChI=1S/C13H23N3S/c1-10(7-8-17-4)16(3)13-6-5-12(9-15-13)11(2)14/h5-6,9-11H,7-8,14H2,1-4H3/t10?,11-/m0/s1. The number of thioether (sulfide) groups is 1. The molecule has 3 nitrogen and oxygen atoms in total. The van der Waals surface area contributed by atoms with Gasteiger partial charge in [0, 0.05) is 25.3 Å². The van der Waals surface area contributed by atoms with Crippen LogP contribution in [0, 0.1) is 0 Å². The summed E-state index contributed by atoms with van der Waals surface area (Å²) in [6.45, 7) is 4.21. The second-order valence-electron chi connectivity index (χ2n) is 4.48. The largest absolute Gasteiger partial charge is 0.357 e. The highest BCUT2D eigenvalue weighted by Crippen LogP contribution is 2.17. The van der Waals surface area contributed by atoms with Crippen LogP contribution in [0.15, 0.2) is 18.3 Å². The van der Waals surface area contributed by atoms with E-state index in [1.807, 2.05) is 30.9 Å². The minimum Gasteiger partial charge on any atom is -0.357 e. The molecule has 1 aromatic rings. The maximum atomic E-state index is 5.81. The van der Waals surface area contributed by atoms with E-state index in [9.17, 15) is 0 Å². The molecule has 0 aliphatic heterocycles. The van der Waals surface area contributed by atoms with Gasteiger partial charge in [-0.3, -0.25) is 0 Å². The molecule has 1 unspecified atom stereocenters. The van der Waals surface area contributed by atoms with Gasteiger partial charge in [-0.05, 0) is 43.9 Å². The molecule has 0 amide bonds. The molecule has 0 bridgehead atoms. The van der Waals surface area contributed by atoms with Gasteiger partial charge in [0.05, 0.1) is 0 Å². The van der Waals surface area contributed by atoms with E-state index in [0.717, 1.165) is 11.4 Å². The van der Waals surface area contributed by atoms with Crippen molar-refractivity contribution in [2.24, 2.45) is 5.73 Å². The van der Waals surface area contributed by atoms with Crippen molar-refractivity contribution in [3.8, 4) is 0 Å². The van der Waals surface area contributed by atoms with E-state index in [2.05, 4.69) is 36.2 Å². The Morgan fingerprint density at radius 2 is 2.12 bits per heavy atom. The zero-order valence-electron chi connectivity index (χ0n) is 11.2. The van der Waals surface area contributed by atoms with Crippen LogP contribution < -0.4 is 10.6 Å². The van der Waals surface area contributed by atoms with Gasteiger partial charge in [0.15, 0.2) is 0 Å². The minimum atomic E-state index is 0.0516. The van der Waals surface area contributed by atoms with E-state index in [1.165, 1.54) is 12.2 Å². The summed E-state index contributed by atoms with van der Waals surface area (Å²) in [6.07, 6.45) is 5.19. The molecule has 17 heavy (non-hydrogen) atoms.